The van der Waals surface area contributed by atoms with Gasteiger partial charge in [-0.15, -0.1) is 0 Å². The van der Waals surface area contributed by atoms with Crippen molar-refractivity contribution < 1.29 is 5.11 Å². The number of rotatable bonds is 4. The maximum Gasteiger partial charge on any atom is 0.0799 e. The Morgan fingerprint density at radius 1 is 1.18 bits per heavy atom. The molecule has 11 heavy (non-hydrogen) atoms. The summed E-state index contributed by atoms with van der Waals surface area (Å²) in [6.07, 6.45) is 2.87. The number of hydrogen-bond acceptors (Lipinski definition) is 1. The van der Waals surface area contributed by atoms with Crippen molar-refractivity contribution in [2.45, 2.75) is 19.3 Å². The van der Waals surface area contributed by atoms with Crippen LogP contribution in [0.4, 0.5) is 0 Å². The van der Waals surface area contributed by atoms with Crippen LogP contribution in [0, 0.1) is 6.61 Å². The lowest BCUT2D eigenvalue weighted by Crippen LogP contribution is -1.84. The highest BCUT2D eigenvalue weighted by Gasteiger charge is 1.90. The van der Waals surface area contributed by atoms with E-state index >= 15 is 0 Å². The first kappa shape index (κ1) is 8.28. The number of aryl methyl sites for hydroxylation is 1. The van der Waals surface area contributed by atoms with Crippen molar-refractivity contribution >= 4 is 0 Å². The molecule has 0 aliphatic carbocycles. The van der Waals surface area contributed by atoms with E-state index in [4.69, 9.17) is 5.11 Å². The highest BCUT2D eigenvalue weighted by atomic mass is 16.2. The van der Waals surface area contributed by atoms with Crippen LogP contribution in [0.2, 0.25) is 0 Å². The van der Waals surface area contributed by atoms with Crippen molar-refractivity contribution in [2.24, 2.45) is 0 Å². The van der Waals surface area contributed by atoms with Crippen molar-refractivity contribution in [3.05, 3.63) is 42.5 Å². The van der Waals surface area contributed by atoms with Crippen molar-refractivity contribution in [1.29, 1.82) is 0 Å². The minimum absolute atomic E-state index is 0.787. The molecule has 1 aromatic carbocycles. The number of hydrogen-bond donors (Lipinski definition) is 1. The SMILES string of the molecule is O[CH]CCCc1ccccc1. The van der Waals surface area contributed by atoms with Gasteiger partial charge in [0, 0.05) is 0 Å². The van der Waals surface area contributed by atoms with Crippen LogP contribution in [0.3, 0.4) is 0 Å². The molecule has 0 atom stereocenters. The summed E-state index contributed by atoms with van der Waals surface area (Å²) in [6, 6.07) is 10.3. The minimum atomic E-state index is 0.787. The largest absolute Gasteiger partial charge is 0.390 e. The van der Waals surface area contributed by atoms with Crippen LogP contribution < -0.4 is 0 Å². The Morgan fingerprint density at radius 3 is 2.55 bits per heavy atom. The zero-order chi connectivity index (χ0) is 7.94. The summed E-state index contributed by atoms with van der Waals surface area (Å²) >= 11 is 0. The first-order valence-electron chi connectivity index (χ1n) is 3.93. The van der Waals surface area contributed by atoms with E-state index in [9.17, 15) is 0 Å². The van der Waals surface area contributed by atoms with Crippen molar-refractivity contribution in [3.63, 3.8) is 0 Å². The molecule has 1 aromatic rings. The zero-order valence-electron chi connectivity index (χ0n) is 6.53. The summed E-state index contributed by atoms with van der Waals surface area (Å²) in [5.41, 5.74) is 1.34. The van der Waals surface area contributed by atoms with Gasteiger partial charge in [-0.1, -0.05) is 30.3 Å². The second kappa shape index (κ2) is 4.91. The molecule has 0 heterocycles. The van der Waals surface area contributed by atoms with Crippen molar-refractivity contribution in [3.8, 4) is 0 Å². The summed E-state index contributed by atoms with van der Waals surface area (Å²) in [6.45, 7) is 1.23. The van der Waals surface area contributed by atoms with Gasteiger partial charge in [0.05, 0.1) is 6.61 Å². The third-order valence-electron chi connectivity index (χ3n) is 1.64. The van der Waals surface area contributed by atoms with Crippen LogP contribution >= 0.6 is 0 Å². The van der Waals surface area contributed by atoms with Gasteiger partial charge in [0.2, 0.25) is 0 Å². The Morgan fingerprint density at radius 2 is 1.91 bits per heavy atom. The lowest BCUT2D eigenvalue weighted by Gasteiger charge is -1.97. The third-order valence-corrected chi connectivity index (χ3v) is 1.64. The molecule has 0 saturated heterocycles. The van der Waals surface area contributed by atoms with Crippen molar-refractivity contribution in [1.82, 2.24) is 0 Å². The van der Waals surface area contributed by atoms with Gasteiger partial charge < -0.3 is 5.11 Å². The van der Waals surface area contributed by atoms with Gasteiger partial charge in [-0.3, -0.25) is 0 Å². The molecule has 0 fully saturated rings. The fraction of sp³-hybridized carbons (Fsp3) is 0.300. The van der Waals surface area contributed by atoms with Gasteiger partial charge >= 0.3 is 0 Å². The third kappa shape index (κ3) is 3.19. The monoisotopic (exact) mass is 149 g/mol. The number of aliphatic hydroxyl groups is 1. The fourth-order valence-electron chi connectivity index (χ4n) is 1.04. The van der Waals surface area contributed by atoms with Crippen molar-refractivity contribution in [2.75, 3.05) is 0 Å². The summed E-state index contributed by atoms with van der Waals surface area (Å²) < 4.78 is 0. The van der Waals surface area contributed by atoms with E-state index in [1.807, 2.05) is 18.2 Å². The molecule has 0 bridgehead atoms. The first-order valence-corrected chi connectivity index (χ1v) is 3.93. The van der Waals surface area contributed by atoms with Crippen LogP contribution in [0.5, 0.6) is 0 Å². The molecule has 0 aromatic heterocycles. The maximum atomic E-state index is 8.42. The summed E-state index contributed by atoms with van der Waals surface area (Å²) in [4.78, 5) is 0. The lowest BCUT2D eigenvalue weighted by molar-refractivity contribution is 0.370. The first-order chi connectivity index (χ1) is 5.43. The molecule has 1 radical (unpaired) electrons. The van der Waals surface area contributed by atoms with E-state index in [1.54, 1.807) is 0 Å². The van der Waals surface area contributed by atoms with Crippen LogP contribution in [0.1, 0.15) is 18.4 Å². The summed E-state index contributed by atoms with van der Waals surface area (Å²) in [7, 11) is 0. The highest BCUT2D eigenvalue weighted by molar-refractivity contribution is 5.14. The average Bonchev–Trinajstić information content (AvgIpc) is 2.07. The lowest BCUT2D eigenvalue weighted by atomic mass is 10.1. The van der Waals surface area contributed by atoms with E-state index in [2.05, 4.69) is 12.1 Å². The minimum Gasteiger partial charge on any atom is -0.390 e. The quantitative estimate of drug-likeness (QED) is 0.652. The van der Waals surface area contributed by atoms with Gasteiger partial charge in [-0.05, 0) is 24.8 Å². The molecule has 0 saturated carbocycles. The molecule has 0 amide bonds. The normalized spacial score (nSPS) is 9.91. The summed E-state index contributed by atoms with van der Waals surface area (Å²) in [5.74, 6) is 0. The molecular formula is C10H13O. The molecule has 1 rings (SSSR count). The van der Waals surface area contributed by atoms with E-state index < -0.39 is 0 Å². The standard InChI is InChI=1S/C10H13O/c11-9-5-4-8-10-6-2-1-3-7-10/h1-3,6-7,9,11H,4-5,8H2. The molecule has 0 unspecified atom stereocenters. The van der Waals surface area contributed by atoms with Gasteiger partial charge in [0.1, 0.15) is 0 Å². The van der Waals surface area contributed by atoms with E-state index in [0.717, 1.165) is 19.3 Å². The Labute approximate surface area is 67.7 Å². The topological polar surface area (TPSA) is 20.2 Å². The Hall–Kier alpha value is -0.820. The Kier molecular flexibility index (Phi) is 3.70. The molecule has 0 aliphatic heterocycles. The molecule has 0 spiro atoms. The van der Waals surface area contributed by atoms with Gasteiger partial charge in [0.25, 0.3) is 0 Å². The van der Waals surface area contributed by atoms with Gasteiger partial charge in [0.15, 0.2) is 0 Å². The highest BCUT2D eigenvalue weighted by Crippen LogP contribution is 2.04. The van der Waals surface area contributed by atoms with E-state index in [0.29, 0.717) is 0 Å². The predicted octanol–water partition coefficient (Wildman–Crippen LogP) is 2.54. The average molecular weight is 149 g/mol. The Balaban J connectivity index is 2.28. The Bertz CT molecular complexity index is 181. The second-order valence-electron chi connectivity index (χ2n) is 2.56. The molecule has 59 valence electrons. The van der Waals surface area contributed by atoms with E-state index in [-0.39, 0.29) is 0 Å². The number of unbranched alkanes of at least 4 members (excludes halogenated alkanes) is 1. The second-order valence-corrected chi connectivity index (χ2v) is 2.56. The smallest absolute Gasteiger partial charge is 0.0799 e. The number of benzene rings is 1. The number of aliphatic hydroxyl groups excluding tert-OH is 1. The molecule has 1 nitrogen and oxygen atoms in total. The van der Waals surface area contributed by atoms with Crippen LogP contribution in [0.25, 0.3) is 0 Å². The zero-order valence-corrected chi connectivity index (χ0v) is 6.53. The summed E-state index contributed by atoms with van der Waals surface area (Å²) in [5, 5.41) is 8.42. The van der Waals surface area contributed by atoms with Gasteiger partial charge in [-0.2, -0.15) is 0 Å². The van der Waals surface area contributed by atoms with Crippen LogP contribution in [-0.4, -0.2) is 5.11 Å². The predicted molar refractivity (Wildman–Crippen MR) is 45.6 cm³/mol. The van der Waals surface area contributed by atoms with E-state index in [1.165, 1.54) is 12.2 Å². The molecule has 0 aliphatic rings. The van der Waals surface area contributed by atoms with Gasteiger partial charge in [-0.25, -0.2) is 0 Å². The molecular weight excluding hydrogens is 136 g/mol. The molecule has 1 N–H and O–H groups in total. The van der Waals surface area contributed by atoms with Crippen LogP contribution in [-0.2, 0) is 6.42 Å². The molecule has 1 heteroatoms. The fourth-order valence-corrected chi connectivity index (χ4v) is 1.04. The maximum absolute atomic E-state index is 8.42. The van der Waals surface area contributed by atoms with Crippen LogP contribution in [0.15, 0.2) is 30.3 Å².